The van der Waals surface area contributed by atoms with Crippen molar-refractivity contribution >= 4 is 28.3 Å². The zero-order chi connectivity index (χ0) is 20.2. The van der Waals surface area contributed by atoms with Gasteiger partial charge in [-0.15, -0.1) is 11.3 Å². The summed E-state index contributed by atoms with van der Waals surface area (Å²) >= 11 is 1.62. The van der Waals surface area contributed by atoms with E-state index in [0.717, 1.165) is 80.8 Å². The highest BCUT2D eigenvalue weighted by Crippen LogP contribution is 2.25. The number of piperidine rings is 2. The molecule has 2 aliphatic rings. The number of likely N-dealkylation sites (tertiary alicyclic amines) is 2. The number of hydrogen-bond acceptors (Lipinski definition) is 6. The van der Waals surface area contributed by atoms with Crippen molar-refractivity contribution in [3.8, 4) is 0 Å². The maximum absolute atomic E-state index is 12.9. The molecule has 0 bridgehead atoms. The lowest BCUT2D eigenvalue weighted by molar-refractivity contribution is 0.121. The standard InChI is InChI=1S/C21H30N6OS/c1-15-13-22-20(29-15)25-19-12-18(23-16(2)24-19)11-17-7-6-10-27(14-17)21(28)26-8-4-3-5-9-26/h12-13,17H,3-11,14H2,1-2H3,(H,22,23,24,25)/t17-/m1/s1. The summed E-state index contributed by atoms with van der Waals surface area (Å²) in [5.74, 6) is 2.00. The van der Waals surface area contributed by atoms with Crippen LogP contribution in [0.1, 0.15) is 48.5 Å². The number of anilines is 2. The minimum Gasteiger partial charge on any atom is -0.325 e. The van der Waals surface area contributed by atoms with E-state index in [-0.39, 0.29) is 6.03 Å². The molecule has 2 amide bonds. The highest BCUT2D eigenvalue weighted by Gasteiger charge is 2.28. The average Bonchev–Trinajstić information content (AvgIpc) is 3.12. The van der Waals surface area contributed by atoms with Crippen LogP contribution in [0.25, 0.3) is 0 Å². The summed E-state index contributed by atoms with van der Waals surface area (Å²) in [6.07, 6.45) is 8.46. The van der Waals surface area contributed by atoms with Crippen molar-refractivity contribution in [3.63, 3.8) is 0 Å². The fourth-order valence-electron chi connectivity index (χ4n) is 4.31. The van der Waals surface area contributed by atoms with Crippen LogP contribution in [0.4, 0.5) is 15.7 Å². The zero-order valence-corrected chi connectivity index (χ0v) is 18.2. The topological polar surface area (TPSA) is 74.2 Å². The first-order valence-corrected chi connectivity index (χ1v) is 11.5. The second kappa shape index (κ2) is 9.07. The predicted molar refractivity (Wildman–Crippen MR) is 116 cm³/mol. The van der Waals surface area contributed by atoms with E-state index in [4.69, 9.17) is 0 Å². The summed E-state index contributed by atoms with van der Waals surface area (Å²) in [4.78, 5) is 31.7. The van der Waals surface area contributed by atoms with E-state index in [0.29, 0.717) is 5.92 Å². The minimum atomic E-state index is 0.231. The van der Waals surface area contributed by atoms with Crippen LogP contribution >= 0.6 is 11.3 Å². The molecule has 0 aliphatic carbocycles. The zero-order valence-electron chi connectivity index (χ0n) is 17.4. The number of carbonyl (C=O) groups excluding carboxylic acids is 1. The van der Waals surface area contributed by atoms with Crippen molar-refractivity contribution in [1.29, 1.82) is 0 Å². The number of aromatic nitrogens is 3. The Labute approximate surface area is 176 Å². The molecule has 0 radical (unpaired) electrons. The lowest BCUT2D eigenvalue weighted by atomic mass is 9.93. The monoisotopic (exact) mass is 414 g/mol. The van der Waals surface area contributed by atoms with Gasteiger partial charge in [-0.25, -0.2) is 19.7 Å². The lowest BCUT2D eigenvalue weighted by Crippen LogP contribution is -2.49. The van der Waals surface area contributed by atoms with Gasteiger partial charge in [0.25, 0.3) is 0 Å². The van der Waals surface area contributed by atoms with Crippen LogP contribution in [-0.4, -0.2) is 57.0 Å². The van der Waals surface area contributed by atoms with Crippen LogP contribution in [0.5, 0.6) is 0 Å². The van der Waals surface area contributed by atoms with E-state index in [9.17, 15) is 4.79 Å². The van der Waals surface area contributed by atoms with Gasteiger partial charge in [-0.2, -0.15) is 0 Å². The average molecular weight is 415 g/mol. The molecule has 0 spiro atoms. The van der Waals surface area contributed by atoms with Crippen LogP contribution in [0, 0.1) is 19.8 Å². The Bertz CT molecular complexity index is 847. The Morgan fingerprint density at radius 3 is 2.69 bits per heavy atom. The number of rotatable bonds is 4. The molecule has 0 unspecified atom stereocenters. The van der Waals surface area contributed by atoms with Gasteiger partial charge in [0.1, 0.15) is 11.6 Å². The van der Waals surface area contributed by atoms with Crippen molar-refractivity contribution < 1.29 is 4.79 Å². The van der Waals surface area contributed by atoms with Gasteiger partial charge in [0.2, 0.25) is 0 Å². The number of aryl methyl sites for hydroxylation is 2. The second-order valence-corrected chi connectivity index (χ2v) is 9.42. The molecule has 2 fully saturated rings. The molecule has 4 rings (SSSR count). The van der Waals surface area contributed by atoms with E-state index in [2.05, 4.69) is 25.2 Å². The number of urea groups is 1. The molecule has 2 saturated heterocycles. The number of nitrogens with zero attached hydrogens (tertiary/aromatic N) is 5. The molecule has 0 aromatic carbocycles. The predicted octanol–water partition coefficient (Wildman–Crippen LogP) is 4.15. The van der Waals surface area contributed by atoms with E-state index < -0.39 is 0 Å². The summed E-state index contributed by atoms with van der Waals surface area (Å²) in [5.41, 5.74) is 1.03. The number of nitrogens with one attached hydrogen (secondary N) is 1. The van der Waals surface area contributed by atoms with Crippen LogP contribution in [-0.2, 0) is 6.42 Å². The molecule has 2 aromatic heterocycles. The maximum atomic E-state index is 12.9. The first-order valence-electron chi connectivity index (χ1n) is 10.6. The van der Waals surface area contributed by atoms with Gasteiger partial charge in [0, 0.05) is 49.0 Å². The molecular formula is C21H30N6OS. The normalized spacial score (nSPS) is 20.0. The summed E-state index contributed by atoms with van der Waals surface area (Å²) in [7, 11) is 0. The van der Waals surface area contributed by atoms with Crippen LogP contribution in [0.15, 0.2) is 12.3 Å². The van der Waals surface area contributed by atoms with Gasteiger partial charge in [-0.1, -0.05) is 0 Å². The second-order valence-electron chi connectivity index (χ2n) is 8.18. The largest absolute Gasteiger partial charge is 0.325 e. The third kappa shape index (κ3) is 5.23. The SMILES string of the molecule is Cc1nc(C[C@H]2CCCN(C(=O)N3CCCCC3)C2)cc(Nc2ncc(C)s2)n1. The molecule has 156 valence electrons. The quantitative estimate of drug-likeness (QED) is 0.813. The molecule has 29 heavy (non-hydrogen) atoms. The van der Waals surface area contributed by atoms with Gasteiger partial charge in [-0.3, -0.25) is 0 Å². The van der Waals surface area contributed by atoms with E-state index in [1.54, 1.807) is 11.3 Å². The smallest absolute Gasteiger partial charge is 0.320 e. The Kier molecular flexibility index (Phi) is 6.28. The maximum Gasteiger partial charge on any atom is 0.320 e. The number of thiazole rings is 1. The number of amides is 2. The van der Waals surface area contributed by atoms with Crippen molar-refractivity contribution in [2.45, 2.75) is 52.4 Å². The Morgan fingerprint density at radius 1 is 1.14 bits per heavy atom. The first kappa shape index (κ1) is 20.1. The number of hydrogen-bond donors (Lipinski definition) is 1. The Morgan fingerprint density at radius 2 is 1.93 bits per heavy atom. The van der Waals surface area contributed by atoms with E-state index in [1.165, 1.54) is 11.3 Å². The van der Waals surface area contributed by atoms with E-state index >= 15 is 0 Å². The van der Waals surface area contributed by atoms with Gasteiger partial charge in [0.05, 0.1) is 0 Å². The van der Waals surface area contributed by atoms with Crippen LogP contribution in [0.3, 0.4) is 0 Å². The van der Waals surface area contributed by atoms with Crippen molar-refractivity contribution in [3.05, 3.63) is 28.7 Å². The van der Waals surface area contributed by atoms with Gasteiger partial charge < -0.3 is 15.1 Å². The third-order valence-corrected chi connectivity index (χ3v) is 6.49. The molecule has 4 heterocycles. The summed E-state index contributed by atoms with van der Waals surface area (Å²) in [5, 5.41) is 4.15. The van der Waals surface area contributed by atoms with E-state index in [1.807, 2.05) is 31.0 Å². The van der Waals surface area contributed by atoms with Crippen LogP contribution in [0.2, 0.25) is 0 Å². The molecule has 1 atom stereocenters. The molecule has 1 N–H and O–H groups in total. The van der Waals surface area contributed by atoms with Crippen molar-refractivity contribution in [2.75, 3.05) is 31.5 Å². The molecule has 2 aliphatic heterocycles. The molecule has 8 heteroatoms. The van der Waals surface area contributed by atoms with Crippen molar-refractivity contribution in [1.82, 2.24) is 24.8 Å². The highest BCUT2D eigenvalue weighted by molar-refractivity contribution is 7.15. The molecule has 7 nitrogen and oxygen atoms in total. The van der Waals surface area contributed by atoms with Gasteiger partial charge in [0.15, 0.2) is 5.13 Å². The third-order valence-electron chi connectivity index (χ3n) is 5.66. The summed E-state index contributed by atoms with van der Waals surface area (Å²) in [6, 6.07) is 2.25. The Hall–Kier alpha value is -2.22. The van der Waals surface area contributed by atoms with Crippen LogP contribution < -0.4 is 5.32 Å². The minimum absolute atomic E-state index is 0.231. The van der Waals surface area contributed by atoms with Gasteiger partial charge >= 0.3 is 6.03 Å². The summed E-state index contributed by atoms with van der Waals surface area (Å²) in [6.45, 7) is 7.50. The fraction of sp³-hybridized carbons (Fsp3) is 0.619. The van der Waals surface area contributed by atoms with Gasteiger partial charge in [-0.05, 0) is 58.3 Å². The molecule has 0 saturated carbocycles. The molecule has 2 aromatic rings. The highest BCUT2D eigenvalue weighted by atomic mass is 32.1. The molecular weight excluding hydrogens is 384 g/mol. The Balaban J connectivity index is 1.39. The fourth-order valence-corrected chi connectivity index (χ4v) is 4.98. The number of carbonyl (C=O) groups is 1. The lowest BCUT2D eigenvalue weighted by Gasteiger charge is -2.37. The summed E-state index contributed by atoms with van der Waals surface area (Å²) < 4.78 is 0. The van der Waals surface area contributed by atoms with Crippen molar-refractivity contribution in [2.24, 2.45) is 5.92 Å². The first-order chi connectivity index (χ1) is 14.1.